The van der Waals surface area contributed by atoms with Crippen molar-refractivity contribution in [2.45, 2.75) is 45.1 Å². The molecular formula is C12H23ClN2O. The predicted octanol–water partition coefficient (Wildman–Crippen LogP) is 1.81. The summed E-state index contributed by atoms with van der Waals surface area (Å²) in [6, 6.07) is 0.382. The molecule has 3 nitrogen and oxygen atoms in total. The first-order valence-corrected chi connectivity index (χ1v) is 6.27. The maximum absolute atomic E-state index is 12.0. The Morgan fingerprint density at radius 3 is 2.75 bits per heavy atom. The molecule has 1 aliphatic heterocycles. The highest BCUT2D eigenvalue weighted by Gasteiger charge is 2.24. The average molecular weight is 247 g/mol. The van der Waals surface area contributed by atoms with E-state index in [0.29, 0.717) is 11.9 Å². The summed E-state index contributed by atoms with van der Waals surface area (Å²) in [6.07, 6.45) is 5.97. The molecule has 1 saturated carbocycles. The van der Waals surface area contributed by atoms with Crippen LogP contribution >= 0.6 is 12.4 Å². The number of halogens is 1. The quantitative estimate of drug-likeness (QED) is 0.824. The minimum atomic E-state index is 0. The minimum Gasteiger partial charge on any atom is -0.337 e. The summed E-state index contributed by atoms with van der Waals surface area (Å²) in [7, 11) is 0. The fourth-order valence-electron chi connectivity index (χ4n) is 2.46. The van der Waals surface area contributed by atoms with Gasteiger partial charge < -0.3 is 10.2 Å². The fraction of sp³-hybridized carbons (Fsp3) is 0.917. The maximum Gasteiger partial charge on any atom is 0.222 e. The second-order valence-corrected chi connectivity index (χ2v) is 4.98. The van der Waals surface area contributed by atoms with Crippen molar-refractivity contribution in [2.24, 2.45) is 5.92 Å². The SMILES string of the molecule is CC1CNCCN1C(=O)CCC1CCC1.Cl. The van der Waals surface area contributed by atoms with E-state index in [-0.39, 0.29) is 12.4 Å². The minimum absolute atomic E-state index is 0. The van der Waals surface area contributed by atoms with Crippen molar-refractivity contribution in [1.29, 1.82) is 0 Å². The van der Waals surface area contributed by atoms with Crippen LogP contribution in [0.1, 0.15) is 39.0 Å². The molecule has 1 atom stereocenters. The number of carbonyl (C=O) groups excluding carboxylic acids is 1. The summed E-state index contributed by atoms with van der Waals surface area (Å²) < 4.78 is 0. The van der Waals surface area contributed by atoms with Gasteiger partial charge in [0, 0.05) is 32.1 Å². The Bertz CT molecular complexity index is 231. The average Bonchev–Trinajstić information content (AvgIpc) is 2.16. The zero-order valence-electron chi connectivity index (χ0n) is 10.1. The van der Waals surface area contributed by atoms with Crippen LogP contribution in [0.25, 0.3) is 0 Å². The van der Waals surface area contributed by atoms with E-state index >= 15 is 0 Å². The van der Waals surface area contributed by atoms with Gasteiger partial charge in [0.15, 0.2) is 0 Å². The van der Waals surface area contributed by atoms with Crippen LogP contribution in [0.3, 0.4) is 0 Å². The Morgan fingerprint density at radius 1 is 1.44 bits per heavy atom. The second-order valence-electron chi connectivity index (χ2n) is 4.98. The fourth-order valence-corrected chi connectivity index (χ4v) is 2.46. The Labute approximate surface area is 104 Å². The third-order valence-corrected chi connectivity index (χ3v) is 3.81. The van der Waals surface area contributed by atoms with Gasteiger partial charge in [-0.15, -0.1) is 12.4 Å². The lowest BCUT2D eigenvalue weighted by molar-refractivity contribution is -0.134. The van der Waals surface area contributed by atoms with Crippen LogP contribution in [0.5, 0.6) is 0 Å². The van der Waals surface area contributed by atoms with E-state index in [4.69, 9.17) is 0 Å². The third kappa shape index (κ3) is 3.36. The van der Waals surface area contributed by atoms with Gasteiger partial charge in [0.1, 0.15) is 0 Å². The summed E-state index contributed by atoms with van der Waals surface area (Å²) in [6.45, 7) is 4.94. The topological polar surface area (TPSA) is 32.3 Å². The van der Waals surface area contributed by atoms with Gasteiger partial charge in [0.25, 0.3) is 0 Å². The van der Waals surface area contributed by atoms with Crippen molar-refractivity contribution in [3.05, 3.63) is 0 Å². The summed E-state index contributed by atoms with van der Waals surface area (Å²) in [4.78, 5) is 14.0. The molecule has 4 heteroatoms. The molecule has 94 valence electrons. The number of hydrogen-bond acceptors (Lipinski definition) is 2. The number of nitrogens with zero attached hydrogens (tertiary/aromatic N) is 1. The molecule has 0 aromatic rings. The highest BCUT2D eigenvalue weighted by atomic mass is 35.5. The highest BCUT2D eigenvalue weighted by Crippen LogP contribution is 2.30. The lowest BCUT2D eigenvalue weighted by Crippen LogP contribution is -2.52. The van der Waals surface area contributed by atoms with Crippen molar-refractivity contribution in [2.75, 3.05) is 19.6 Å². The first-order valence-electron chi connectivity index (χ1n) is 6.27. The molecular weight excluding hydrogens is 224 g/mol. The van der Waals surface area contributed by atoms with E-state index in [9.17, 15) is 4.79 Å². The molecule has 1 amide bonds. The molecule has 2 fully saturated rings. The van der Waals surface area contributed by atoms with Crippen LogP contribution < -0.4 is 5.32 Å². The van der Waals surface area contributed by atoms with Crippen LogP contribution in [-0.4, -0.2) is 36.5 Å². The zero-order chi connectivity index (χ0) is 10.7. The Hall–Kier alpha value is -0.280. The van der Waals surface area contributed by atoms with Crippen molar-refractivity contribution in [1.82, 2.24) is 10.2 Å². The smallest absolute Gasteiger partial charge is 0.222 e. The molecule has 0 spiro atoms. The van der Waals surface area contributed by atoms with E-state index in [0.717, 1.165) is 38.4 Å². The van der Waals surface area contributed by atoms with Crippen molar-refractivity contribution in [3.8, 4) is 0 Å². The first-order chi connectivity index (χ1) is 7.27. The van der Waals surface area contributed by atoms with Crippen LogP contribution in [0.15, 0.2) is 0 Å². The molecule has 0 aromatic heterocycles. The van der Waals surface area contributed by atoms with Crippen LogP contribution in [0, 0.1) is 5.92 Å². The van der Waals surface area contributed by atoms with E-state index in [1.165, 1.54) is 19.3 Å². The molecule has 1 aliphatic carbocycles. The molecule has 16 heavy (non-hydrogen) atoms. The largest absolute Gasteiger partial charge is 0.337 e. The Balaban J connectivity index is 0.00000128. The van der Waals surface area contributed by atoms with Gasteiger partial charge in [-0.25, -0.2) is 0 Å². The molecule has 1 N–H and O–H groups in total. The highest BCUT2D eigenvalue weighted by molar-refractivity contribution is 5.85. The van der Waals surface area contributed by atoms with E-state index < -0.39 is 0 Å². The Morgan fingerprint density at radius 2 is 2.19 bits per heavy atom. The van der Waals surface area contributed by atoms with Gasteiger partial charge in [-0.05, 0) is 19.3 Å². The molecule has 0 aromatic carbocycles. The van der Waals surface area contributed by atoms with Crippen molar-refractivity contribution in [3.63, 3.8) is 0 Å². The lowest BCUT2D eigenvalue weighted by atomic mass is 9.82. The van der Waals surface area contributed by atoms with Crippen molar-refractivity contribution < 1.29 is 4.79 Å². The van der Waals surface area contributed by atoms with Gasteiger partial charge in [-0.3, -0.25) is 4.79 Å². The van der Waals surface area contributed by atoms with Crippen LogP contribution in [0.2, 0.25) is 0 Å². The predicted molar refractivity (Wildman–Crippen MR) is 67.9 cm³/mol. The number of amides is 1. The normalized spacial score (nSPS) is 25.8. The summed E-state index contributed by atoms with van der Waals surface area (Å²) in [5.74, 6) is 1.23. The monoisotopic (exact) mass is 246 g/mol. The molecule has 2 aliphatic rings. The van der Waals surface area contributed by atoms with Gasteiger partial charge in [0.2, 0.25) is 5.91 Å². The maximum atomic E-state index is 12.0. The second kappa shape index (κ2) is 6.45. The number of nitrogens with one attached hydrogen (secondary N) is 1. The Kier molecular flexibility index (Phi) is 5.56. The molecule has 1 heterocycles. The number of piperazine rings is 1. The number of carbonyl (C=O) groups is 1. The summed E-state index contributed by atoms with van der Waals surface area (Å²) in [5, 5.41) is 3.31. The summed E-state index contributed by atoms with van der Waals surface area (Å²) in [5.41, 5.74) is 0. The standard InChI is InChI=1S/C12H22N2O.ClH/c1-10-9-13-7-8-14(10)12(15)6-5-11-3-2-4-11;/h10-11,13H,2-9H2,1H3;1H. The van der Waals surface area contributed by atoms with Crippen LogP contribution in [0.4, 0.5) is 0 Å². The zero-order valence-corrected chi connectivity index (χ0v) is 10.9. The molecule has 1 saturated heterocycles. The van der Waals surface area contributed by atoms with E-state index in [2.05, 4.69) is 17.1 Å². The number of rotatable bonds is 3. The van der Waals surface area contributed by atoms with Crippen molar-refractivity contribution >= 4 is 18.3 Å². The lowest BCUT2D eigenvalue weighted by Gasteiger charge is -2.35. The molecule has 1 unspecified atom stereocenters. The van der Waals surface area contributed by atoms with E-state index in [1.54, 1.807) is 0 Å². The van der Waals surface area contributed by atoms with E-state index in [1.807, 2.05) is 0 Å². The molecule has 0 radical (unpaired) electrons. The van der Waals surface area contributed by atoms with Gasteiger partial charge in [0.05, 0.1) is 0 Å². The summed E-state index contributed by atoms with van der Waals surface area (Å²) >= 11 is 0. The van der Waals surface area contributed by atoms with Gasteiger partial charge in [-0.1, -0.05) is 19.3 Å². The number of hydrogen-bond donors (Lipinski definition) is 1. The van der Waals surface area contributed by atoms with Gasteiger partial charge >= 0.3 is 0 Å². The van der Waals surface area contributed by atoms with Gasteiger partial charge in [-0.2, -0.15) is 0 Å². The first kappa shape index (κ1) is 13.8. The van der Waals surface area contributed by atoms with Crippen LogP contribution in [-0.2, 0) is 4.79 Å². The molecule has 0 bridgehead atoms. The molecule has 2 rings (SSSR count). The third-order valence-electron chi connectivity index (χ3n) is 3.81.